The van der Waals surface area contributed by atoms with Crippen LogP contribution >= 0.6 is 0 Å². The van der Waals surface area contributed by atoms with E-state index in [0.717, 1.165) is 32.4 Å². The number of carbonyl (C=O) groups excluding carboxylic acids is 2. The van der Waals surface area contributed by atoms with Crippen molar-refractivity contribution >= 4 is 11.9 Å². The maximum absolute atomic E-state index is 12.1. The fourth-order valence-electron chi connectivity index (χ4n) is 4.45. The molecule has 1 unspecified atom stereocenters. The summed E-state index contributed by atoms with van der Waals surface area (Å²) >= 11 is 0. The van der Waals surface area contributed by atoms with E-state index in [1.54, 1.807) is 0 Å². The zero-order valence-corrected chi connectivity index (χ0v) is 21.7. The summed E-state index contributed by atoms with van der Waals surface area (Å²) in [5, 5.41) is 2.74. The average molecular weight is 471 g/mol. The number of hydrogen-bond donors (Lipinski definition) is 1. The molecule has 0 bridgehead atoms. The lowest BCUT2D eigenvalue weighted by molar-refractivity contribution is -0.127. The second kappa shape index (κ2) is 12.5. The van der Waals surface area contributed by atoms with Gasteiger partial charge in [0.15, 0.2) is 0 Å². The standard InChI is InChI=1S/C25H46N2O6/c1-23(2,3)21(28)9-14-30-16-17-31-15-12-26-22(29)32-18-20-8-11-25(10-7-13-27(20)25)19-33-24(4,5)6/h20H,7-19H2,1-6H3,(H,26,29)/t20-,25?/m1/s1. The minimum absolute atomic E-state index is 0.105. The van der Waals surface area contributed by atoms with Crippen LogP contribution in [0.5, 0.6) is 0 Å². The number of hydrogen-bond acceptors (Lipinski definition) is 7. The van der Waals surface area contributed by atoms with Crippen LogP contribution in [0.1, 0.15) is 73.6 Å². The summed E-state index contributed by atoms with van der Waals surface area (Å²) < 4.78 is 22.5. The van der Waals surface area contributed by atoms with Crippen LogP contribution in [0, 0.1) is 5.41 Å². The van der Waals surface area contributed by atoms with Crippen molar-refractivity contribution in [2.75, 3.05) is 52.7 Å². The molecule has 1 N–H and O–H groups in total. The molecular formula is C25H46N2O6. The zero-order valence-electron chi connectivity index (χ0n) is 21.7. The van der Waals surface area contributed by atoms with Crippen LogP contribution in [0.2, 0.25) is 0 Å². The molecule has 8 nitrogen and oxygen atoms in total. The van der Waals surface area contributed by atoms with E-state index in [1.165, 1.54) is 6.42 Å². The summed E-state index contributed by atoms with van der Waals surface area (Å²) in [6.07, 6.45) is 4.46. The third kappa shape index (κ3) is 9.51. The number of ketones is 1. The molecule has 0 spiro atoms. The van der Waals surface area contributed by atoms with E-state index in [4.69, 9.17) is 18.9 Å². The van der Waals surface area contributed by atoms with Crippen molar-refractivity contribution in [2.45, 2.75) is 90.8 Å². The van der Waals surface area contributed by atoms with Gasteiger partial charge in [0, 0.05) is 30.0 Å². The normalized spacial score (nSPS) is 23.5. The molecule has 2 heterocycles. The molecule has 1 amide bonds. The van der Waals surface area contributed by atoms with E-state index in [2.05, 4.69) is 31.0 Å². The van der Waals surface area contributed by atoms with Crippen LogP contribution < -0.4 is 5.32 Å². The highest BCUT2D eigenvalue weighted by Crippen LogP contribution is 2.43. The fraction of sp³-hybridized carbons (Fsp3) is 0.920. The van der Waals surface area contributed by atoms with E-state index in [1.807, 2.05) is 20.8 Å². The molecule has 0 saturated carbocycles. The Morgan fingerprint density at radius 2 is 1.70 bits per heavy atom. The monoisotopic (exact) mass is 470 g/mol. The largest absolute Gasteiger partial charge is 0.448 e. The van der Waals surface area contributed by atoms with Gasteiger partial charge in [0.2, 0.25) is 0 Å². The second-order valence-corrected chi connectivity index (χ2v) is 11.3. The number of ether oxygens (including phenoxy) is 4. The molecule has 0 aromatic heterocycles. The summed E-state index contributed by atoms with van der Waals surface area (Å²) in [4.78, 5) is 26.4. The smallest absolute Gasteiger partial charge is 0.407 e. The first-order chi connectivity index (χ1) is 15.4. The van der Waals surface area contributed by atoms with Crippen molar-refractivity contribution in [3.8, 4) is 0 Å². The highest BCUT2D eigenvalue weighted by molar-refractivity contribution is 5.83. The highest BCUT2D eigenvalue weighted by Gasteiger charge is 2.50. The van der Waals surface area contributed by atoms with Gasteiger partial charge in [-0.25, -0.2) is 4.79 Å². The van der Waals surface area contributed by atoms with Gasteiger partial charge in [0.05, 0.1) is 38.6 Å². The lowest BCUT2D eigenvalue weighted by atomic mass is 9.89. The first-order valence-corrected chi connectivity index (χ1v) is 12.4. The number of fused-ring (bicyclic) bond motifs is 1. The summed E-state index contributed by atoms with van der Waals surface area (Å²) in [7, 11) is 0. The van der Waals surface area contributed by atoms with Crippen molar-refractivity contribution in [3.63, 3.8) is 0 Å². The SMILES string of the molecule is CC(C)(C)OCC12CCCN1[C@@H](COC(=O)NCCOCCOCCC(=O)C(C)(C)C)CC2. The van der Waals surface area contributed by atoms with E-state index < -0.39 is 6.09 Å². The van der Waals surface area contributed by atoms with Crippen LogP contribution in [0.15, 0.2) is 0 Å². The Kier molecular flexibility index (Phi) is 10.6. The topological polar surface area (TPSA) is 86.3 Å². The number of carbonyl (C=O) groups is 2. The van der Waals surface area contributed by atoms with Gasteiger partial charge in [-0.2, -0.15) is 0 Å². The second-order valence-electron chi connectivity index (χ2n) is 11.3. The Balaban J connectivity index is 1.52. The van der Waals surface area contributed by atoms with Crippen LogP contribution in [-0.2, 0) is 23.7 Å². The van der Waals surface area contributed by atoms with Crippen LogP contribution in [0.25, 0.3) is 0 Å². The summed E-state index contributed by atoms with van der Waals surface area (Å²) in [5.41, 5.74) is -0.360. The van der Waals surface area contributed by atoms with E-state index >= 15 is 0 Å². The number of nitrogens with one attached hydrogen (secondary N) is 1. The van der Waals surface area contributed by atoms with Gasteiger partial charge in [0.25, 0.3) is 0 Å². The van der Waals surface area contributed by atoms with Gasteiger partial charge in [-0.1, -0.05) is 20.8 Å². The van der Waals surface area contributed by atoms with Crippen molar-refractivity contribution in [2.24, 2.45) is 5.41 Å². The van der Waals surface area contributed by atoms with Crippen molar-refractivity contribution in [1.82, 2.24) is 10.2 Å². The lowest BCUT2D eigenvalue weighted by Gasteiger charge is -2.37. The van der Waals surface area contributed by atoms with Crippen molar-refractivity contribution in [3.05, 3.63) is 0 Å². The summed E-state index contributed by atoms with van der Waals surface area (Å²) in [6, 6.07) is 0.264. The molecule has 0 aromatic carbocycles. The van der Waals surface area contributed by atoms with Gasteiger partial charge < -0.3 is 24.3 Å². The van der Waals surface area contributed by atoms with Gasteiger partial charge in [-0.15, -0.1) is 0 Å². The number of amides is 1. The van der Waals surface area contributed by atoms with Gasteiger partial charge in [0.1, 0.15) is 12.4 Å². The van der Waals surface area contributed by atoms with Crippen molar-refractivity contribution < 1.29 is 28.5 Å². The van der Waals surface area contributed by atoms with E-state index in [9.17, 15) is 9.59 Å². The molecular weight excluding hydrogens is 424 g/mol. The number of rotatable bonds is 13. The summed E-state index contributed by atoms with van der Waals surface area (Å²) in [6.45, 7) is 16.2. The van der Waals surface area contributed by atoms with Gasteiger partial charge in [-0.3, -0.25) is 9.69 Å². The van der Waals surface area contributed by atoms with Crippen LogP contribution in [0.4, 0.5) is 4.79 Å². The lowest BCUT2D eigenvalue weighted by Crippen LogP contribution is -2.48. The zero-order chi connectivity index (χ0) is 24.5. The number of nitrogens with zero attached hydrogens (tertiary/aromatic N) is 1. The first kappa shape index (κ1) is 28.0. The first-order valence-electron chi connectivity index (χ1n) is 12.4. The molecule has 2 saturated heterocycles. The number of alkyl carbamates (subject to hydrolysis) is 1. The van der Waals surface area contributed by atoms with Crippen LogP contribution in [0.3, 0.4) is 0 Å². The third-order valence-corrected chi connectivity index (χ3v) is 6.41. The Bertz CT molecular complexity index is 627. The number of Topliss-reactive ketones (excluding diaryl/α,β-unsaturated/α-hetero) is 1. The average Bonchev–Trinajstić information content (AvgIpc) is 3.27. The molecule has 2 aliphatic rings. The molecule has 33 heavy (non-hydrogen) atoms. The van der Waals surface area contributed by atoms with E-state index in [-0.39, 0.29) is 28.4 Å². The Morgan fingerprint density at radius 3 is 2.36 bits per heavy atom. The maximum atomic E-state index is 12.1. The van der Waals surface area contributed by atoms with Gasteiger partial charge in [-0.05, 0) is 53.0 Å². The molecule has 2 aliphatic heterocycles. The third-order valence-electron chi connectivity index (χ3n) is 6.41. The molecule has 192 valence electrons. The van der Waals surface area contributed by atoms with Gasteiger partial charge >= 0.3 is 6.09 Å². The van der Waals surface area contributed by atoms with Crippen molar-refractivity contribution in [1.29, 1.82) is 0 Å². The minimum atomic E-state index is -0.404. The molecule has 2 atom stereocenters. The molecule has 2 fully saturated rings. The molecule has 0 radical (unpaired) electrons. The Morgan fingerprint density at radius 1 is 1.00 bits per heavy atom. The predicted molar refractivity (Wildman–Crippen MR) is 127 cm³/mol. The maximum Gasteiger partial charge on any atom is 0.407 e. The quantitative estimate of drug-likeness (QED) is 0.412. The summed E-state index contributed by atoms with van der Waals surface area (Å²) in [5.74, 6) is 0.192. The highest BCUT2D eigenvalue weighted by atomic mass is 16.6. The molecule has 0 aliphatic carbocycles. The van der Waals surface area contributed by atoms with E-state index in [0.29, 0.717) is 46.0 Å². The predicted octanol–water partition coefficient (Wildman–Crippen LogP) is 3.56. The fourth-order valence-corrected chi connectivity index (χ4v) is 4.45. The Hall–Kier alpha value is -1.22. The molecule has 0 aromatic rings. The molecule has 2 rings (SSSR count). The molecule has 8 heteroatoms. The Labute approximate surface area is 200 Å². The minimum Gasteiger partial charge on any atom is -0.448 e. The van der Waals surface area contributed by atoms with Crippen LogP contribution in [-0.4, -0.2) is 86.7 Å².